The van der Waals surface area contributed by atoms with Gasteiger partial charge in [-0.25, -0.2) is 4.68 Å². The van der Waals surface area contributed by atoms with E-state index in [-0.39, 0.29) is 0 Å². The lowest BCUT2D eigenvalue weighted by Crippen LogP contribution is -1.97. The number of halogens is 1. The van der Waals surface area contributed by atoms with Crippen molar-refractivity contribution in [2.45, 2.75) is 6.92 Å². The molecule has 1 aromatic heterocycles. The third kappa shape index (κ3) is 2.34. The van der Waals surface area contributed by atoms with Crippen LogP contribution in [0.4, 0.5) is 0 Å². The summed E-state index contributed by atoms with van der Waals surface area (Å²) in [5.74, 6) is 1.10. The van der Waals surface area contributed by atoms with Crippen LogP contribution in [-0.4, -0.2) is 16.1 Å². The molecule has 0 aliphatic rings. The maximum atomic E-state index is 11.2. The van der Waals surface area contributed by atoms with Gasteiger partial charge in [-0.05, 0) is 39.7 Å². The van der Waals surface area contributed by atoms with Gasteiger partial charge in [-0.1, -0.05) is 30.3 Å². The molecule has 21 heavy (non-hydrogen) atoms. The van der Waals surface area contributed by atoms with E-state index in [2.05, 4.69) is 21.0 Å². The first-order chi connectivity index (χ1) is 10.1. The van der Waals surface area contributed by atoms with Crippen molar-refractivity contribution in [3.8, 4) is 11.6 Å². The molecular formula is C16H13BrN2O2. The number of carbonyl (C=O) groups excluding carboxylic acids is 1. The van der Waals surface area contributed by atoms with Gasteiger partial charge in [0, 0.05) is 7.05 Å². The molecule has 5 heteroatoms. The minimum absolute atomic E-state index is 0.443. The molecule has 2 aromatic carbocycles. The highest BCUT2D eigenvalue weighted by Gasteiger charge is 2.16. The smallest absolute Gasteiger partial charge is 0.228 e. The van der Waals surface area contributed by atoms with Gasteiger partial charge in [0.05, 0.1) is 15.7 Å². The summed E-state index contributed by atoms with van der Waals surface area (Å²) in [4.78, 5) is 11.2. The highest BCUT2D eigenvalue weighted by atomic mass is 79.9. The predicted octanol–water partition coefficient (Wildman–Crippen LogP) is 4.25. The lowest BCUT2D eigenvalue weighted by Gasteiger charge is -2.10. The van der Waals surface area contributed by atoms with Gasteiger partial charge in [0.25, 0.3) is 0 Å². The van der Waals surface area contributed by atoms with Gasteiger partial charge < -0.3 is 4.74 Å². The van der Waals surface area contributed by atoms with E-state index in [0.717, 1.165) is 21.5 Å². The summed E-state index contributed by atoms with van der Waals surface area (Å²) in [6.45, 7) is 1.78. The van der Waals surface area contributed by atoms with Gasteiger partial charge in [0.2, 0.25) is 5.88 Å². The second kappa shape index (κ2) is 5.33. The van der Waals surface area contributed by atoms with Gasteiger partial charge >= 0.3 is 0 Å². The molecule has 0 atom stereocenters. The fourth-order valence-corrected chi connectivity index (χ4v) is 2.88. The molecule has 0 radical (unpaired) electrons. The fraction of sp³-hybridized carbons (Fsp3) is 0.125. The Bertz CT molecular complexity index is 840. The molecule has 0 N–H and O–H groups in total. The summed E-state index contributed by atoms with van der Waals surface area (Å²) < 4.78 is 8.34. The standard InChI is InChI=1S/C16H13BrN2O2/c1-10-13(9-20)16(19(2)18-10)21-14-8-7-11-5-3-4-6-12(11)15(14)17/h3-9H,1-2H3. The Morgan fingerprint density at radius 3 is 2.76 bits per heavy atom. The first kappa shape index (κ1) is 13.8. The zero-order chi connectivity index (χ0) is 15.0. The zero-order valence-electron chi connectivity index (χ0n) is 11.6. The molecule has 4 nitrogen and oxygen atoms in total. The van der Waals surface area contributed by atoms with Crippen LogP contribution in [0.15, 0.2) is 40.9 Å². The van der Waals surface area contributed by atoms with Crippen molar-refractivity contribution < 1.29 is 9.53 Å². The zero-order valence-corrected chi connectivity index (χ0v) is 13.2. The number of fused-ring (bicyclic) bond motifs is 1. The van der Waals surface area contributed by atoms with Crippen LogP contribution >= 0.6 is 15.9 Å². The van der Waals surface area contributed by atoms with E-state index in [1.807, 2.05) is 36.4 Å². The van der Waals surface area contributed by atoms with Crippen LogP contribution in [0, 0.1) is 6.92 Å². The molecule has 0 unspecified atom stereocenters. The first-order valence-electron chi connectivity index (χ1n) is 6.45. The van der Waals surface area contributed by atoms with Crippen LogP contribution in [0.3, 0.4) is 0 Å². The number of ether oxygens (including phenoxy) is 1. The summed E-state index contributed by atoms with van der Waals surface area (Å²) in [5, 5.41) is 6.39. The number of rotatable bonds is 3. The monoisotopic (exact) mass is 344 g/mol. The Balaban J connectivity index is 2.11. The van der Waals surface area contributed by atoms with Crippen molar-refractivity contribution in [2.75, 3.05) is 0 Å². The van der Waals surface area contributed by atoms with E-state index >= 15 is 0 Å². The topological polar surface area (TPSA) is 44.1 Å². The lowest BCUT2D eigenvalue weighted by molar-refractivity contribution is 0.112. The number of aryl methyl sites for hydroxylation is 2. The SMILES string of the molecule is Cc1nn(C)c(Oc2ccc3ccccc3c2Br)c1C=O. The molecule has 0 amide bonds. The van der Waals surface area contributed by atoms with Crippen molar-refractivity contribution in [1.82, 2.24) is 9.78 Å². The largest absolute Gasteiger partial charge is 0.437 e. The van der Waals surface area contributed by atoms with Crippen molar-refractivity contribution in [3.05, 3.63) is 52.1 Å². The fourth-order valence-electron chi connectivity index (χ4n) is 2.31. The maximum Gasteiger partial charge on any atom is 0.228 e. The molecule has 106 valence electrons. The number of benzene rings is 2. The van der Waals surface area contributed by atoms with Crippen molar-refractivity contribution >= 4 is 33.0 Å². The van der Waals surface area contributed by atoms with E-state index in [9.17, 15) is 4.79 Å². The molecule has 0 aliphatic carbocycles. The quantitative estimate of drug-likeness (QED) is 0.667. The molecule has 0 fully saturated rings. The average Bonchev–Trinajstić information content (AvgIpc) is 2.75. The summed E-state index contributed by atoms with van der Waals surface area (Å²) in [5.41, 5.74) is 1.12. The molecule has 0 bridgehead atoms. The summed E-state index contributed by atoms with van der Waals surface area (Å²) in [6.07, 6.45) is 0.770. The van der Waals surface area contributed by atoms with Crippen molar-refractivity contribution in [2.24, 2.45) is 7.05 Å². The Kier molecular flexibility index (Phi) is 3.51. The van der Waals surface area contributed by atoms with E-state index in [1.165, 1.54) is 0 Å². The highest BCUT2D eigenvalue weighted by molar-refractivity contribution is 9.10. The molecule has 0 spiro atoms. The number of aromatic nitrogens is 2. The van der Waals surface area contributed by atoms with Crippen LogP contribution in [-0.2, 0) is 7.05 Å². The van der Waals surface area contributed by atoms with Crippen LogP contribution < -0.4 is 4.74 Å². The van der Waals surface area contributed by atoms with E-state index in [1.54, 1.807) is 18.7 Å². The third-order valence-electron chi connectivity index (χ3n) is 3.37. The van der Waals surface area contributed by atoms with Gasteiger partial charge in [0.15, 0.2) is 6.29 Å². The Hall–Kier alpha value is -2.14. The van der Waals surface area contributed by atoms with E-state index in [0.29, 0.717) is 22.9 Å². The van der Waals surface area contributed by atoms with Crippen molar-refractivity contribution in [3.63, 3.8) is 0 Å². The number of nitrogens with zero attached hydrogens (tertiary/aromatic N) is 2. The Morgan fingerprint density at radius 2 is 2.00 bits per heavy atom. The summed E-state index contributed by atoms with van der Waals surface area (Å²) in [7, 11) is 1.75. The van der Waals surface area contributed by atoms with E-state index < -0.39 is 0 Å². The van der Waals surface area contributed by atoms with Gasteiger partial charge in [0.1, 0.15) is 5.75 Å². The molecule has 0 aliphatic heterocycles. The molecule has 3 rings (SSSR count). The molecule has 3 aromatic rings. The molecule has 1 heterocycles. The van der Waals surface area contributed by atoms with E-state index in [4.69, 9.17) is 4.74 Å². The predicted molar refractivity (Wildman–Crippen MR) is 85.1 cm³/mol. The molecule has 0 saturated carbocycles. The molecular weight excluding hydrogens is 332 g/mol. The normalized spacial score (nSPS) is 10.8. The van der Waals surface area contributed by atoms with Crippen LogP contribution in [0.2, 0.25) is 0 Å². The number of aldehydes is 1. The second-order valence-corrected chi connectivity index (χ2v) is 5.54. The van der Waals surface area contributed by atoms with Gasteiger partial charge in [-0.15, -0.1) is 0 Å². The highest BCUT2D eigenvalue weighted by Crippen LogP contribution is 2.36. The number of carbonyl (C=O) groups is 1. The Labute approximate surface area is 130 Å². The van der Waals surface area contributed by atoms with Crippen LogP contribution in [0.1, 0.15) is 16.1 Å². The van der Waals surface area contributed by atoms with Crippen LogP contribution in [0.5, 0.6) is 11.6 Å². The summed E-state index contributed by atoms with van der Waals surface area (Å²) in [6, 6.07) is 11.9. The first-order valence-corrected chi connectivity index (χ1v) is 7.25. The van der Waals surface area contributed by atoms with Gasteiger partial charge in [-0.2, -0.15) is 5.10 Å². The number of hydrogen-bond acceptors (Lipinski definition) is 3. The lowest BCUT2D eigenvalue weighted by atomic mass is 10.1. The maximum absolute atomic E-state index is 11.2. The van der Waals surface area contributed by atoms with Crippen LogP contribution in [0.25, 0.3) is 10.8 Å². The molecule has 0 saturated heterocycles. The minimum atomic E-state index is 0.443. The second-order valence-electron chi connectivity index (χ2n) is 4.75. The average molecular weight is 345 g/mol. The minimum Gasteiger partial charge on any atom is -0.437 e. The summed E-state index contributed by atoms with van der Waals surface area (Å²) >= 11 is 3.57. The Morgan fingerprint density at radius 1 is 1.24 bits per heavy atom. The van der Waals surface area contributed by atoms with Crippen molar-refractivity contribution in [1.29, 1.82) is 0 Å². The number of hydrogen-bond donors (Lipinski definition) is 0. The van der Waals surface area contributed by atoms with Gasteiger partial charge in [-0.3, -0.25) is 4.79 Å². The third-order valence-corrected chi connectivity index (χ3v) is 4.18.